The number of methoxy groups -OCH3 is 1. The molecule has 0 unspecified atom stereocenters. The summed E-state index contributed by atoms with van der Waals surface area (Å²) in [4.78, 5) is 12.6. The van der Waals surface area contributed by atoms with Gasteiger partial charge in [-0.15, -0.1) is 10.2 Å². The normalized spacial score (nSPS) is 11.9. The molecule has 1 atom stereocenters. The van der Waals surface area contributed by atoms with Crippen LogP contribution in [0.5, 0.6) is 5.75 Å². The minimum absolute atomic E-state index is 0.128. The van der Waals surface area contributed by atoms with E-state index in [1.807, 2.05) is 55.8 Å². The first kappa shape index (κ1) is 20.2. The minimum atomic E-state index is -0.369. The second-order valence-electron chi connectivity index (χ2n) is 6.27. The van der Waals surface area contributed by atoms with Crippen LogP contribution in [0.25, 0.3) is 11.4 Å². The highest BCUT2D eigenvalue weighted by Gasteiger charge is 2.21. The first-order chi connectivity index (χ1) is 13.4. The van der Waals surface area contributed by atoms with E-state index in [0.29, 0.717) is 21.7 Å². The van der Waals surface area contributed by atoms with Crippen LogP contribution < -0.4 is 10.1 Å². The van der Waals surface area contributed by atoms with Crippen molar-refractivity contribution in [2.24, 2.45) is 7.05 Å². The van der Waals surface area contributed by atoms with Gasteiger partial charge < -0.3 is 14.6 Å². The Labute approximate surface area is 173 Å². The maximum absolute atomic E-state index is 12.6. The van der Waals surface area contributed by atoms with Gasteiger partial charge in [0.05, 0.1) is 17.9 Å². The van der Waals surface area contributed by atoms with Crippen molar-refractivity contribution in [2.45, 2.75) is 24.3 Å². The predicted molar refractivity (Wildman–Crippen MR) is 113 cm³/mol. The fourth-order valence-electron chi connectivity index (χ4n) is 2.66. The van der Waals surface area contributed by atoms with E-state index in [4.69, 9.17) is 16.3 Å². The van der Waals surface area contributed by atoms with Crippen LogP contribution in [0.1, 0.15) is 12.5 Å². The van der Waals surface area contributed by atoms with E-state index in [-0.39, 0.29) is 11.2 Å². The Balaban J connectivity index is 1.76. The number of ether oxygens (including phenoxy) is 1. The monoisotopic (exact) mass is 416 g/mol. The van der Waals surface area contributed by atoms with Crippen molar-refractivity contribution < 1.29 is 9.53 Å². The van der Waals surface area contributed by atoms with Crippen molar-refractivity contribution in [1.82, 2.24) is 14.8 Å². The Bertz CT molecular complexity index is 1010. The van der Waals surface area contributed by atoms with E-state index in [0.717, 1.165) is 16.9 Å². The second-order valence-corrected chi connectivity index (χ2v) is 8.02. The van der Waals surface area contributed by atoms with E-state index in [1.54, 1.807) is 19.2 Å². The lowest BCUT2D eigenvalue weighted by molar-refractivity contribution is -0.115. The summed E-state index contributed by atoms with van der Waals surface area (Å²) in [7, 11) is 3.49. The zero-order chi connectivity index (χ0) is 20.3. The molecule has 6 nitrogen and oxygen atoms in total. The molecule has 8 heteroatoms. The number of aromatic nitrogens is 3. The standard InChI is InChI=1S/C20H21ClN4O2S/c1-12-9-10-14(21)11-16(12)22-19(26)13(2)28-20-24-23-18(25(20)3)15-7-5-6-8-17(15)27-4/h5-11,13H,1-4H3,(H,22,26)/t13-/m0/s1. The van der Waals surface area contributed by atoms with E-state index < -0.39 is 0 Å². The van der Waals surface area contributed by atoms with Gasteiger partial charge in [-0.25, -0.2) is 0 Å². The van der Waals surface area contributed by atoms with Crippen LogP contribution in [-0.2, 0) is 11.8 Å². The Morgan fingerprint density at radius 1 is 1.25 bits per heavy atom. The van der Waals surface area contributed by atoms with Gasteiger partial charge in [0.15, 0.2) is 11.0 Å². The van der Waals surface area contributed by atoms with Crippen molar-refractivity contribution in [3.8, 4) is 17.1 Å². The van der Waals surface area contributed by atoms with Crippen LogP contribution in [0, 0.1) is 6.92 Å². The highest BCUT2D eigenvalue weighted by atomic mass is 35.5. The molecule has 28 heavy (non-hydrogen) atoms. The summed E-state index contributed by atoms with van der Waals surface area (Å²) in [6.07, 6.45) is 0. The van der Waals surface area contributed by atoms with Crippen LogP contribution in [0.15, 0.2) is 47.6 Å². The molecule has 1 N–H and O–H groups in total. The molecule has 0 aliphatic carbocycles. The third kappa shape index (κ3) is 4.31. The Morgan fingerprint density at radius 2 is 2.00 bits per heavy atom. The van der Waals surface area contributed by atoms with Gasteiger partial charge in [0.2, 0.25) is 5.91 Å². The number of para-hydroxylation sites is 1. The average Bonchev–Trinajstić information content (AvgIpc) is 3.04. The Kier molecular flexibility index (Phi) is 6.26. The fraction of sp³-hybridized carbons (Fsp3) is 0.250. The van der Waals surface area contributed by atoms with Gasteiger partial charge in [-0.2, -0.15) is 0 Å². The lowest BCUT2D eigenvalue weighted by Crippen LogP contribution is -2.23. The molecular formula is C20H21ClN4O2S. The number of carbonyl (C=O) groups excluding carboxylic acids is 1. The summed E-state index contributed by atoms with van der Waals surface area (Å²) in [6.45, 7) is 3.75. The molecule has 146 valence electrons. The van der Waals surface area contributed by atoms with E-state index in [1.165, 1.54) is 11.8 Å². The zero-order valence-corrected chi connectivity index (χ0v) is 17.6. The molecule has 1 aromatic heterocycles. The van der Waals surface area contributed by atoms with Crippen molar-refractivity contribution in [3.05, 3.63) is 53.1 Å². The molecule has 0 saturated carbocycles. The van der Waals surface area contributed by atoms with E-state index >= 15 is 0 Å². The molecule has 0 aliphatic rings. The number of aryl methyl sites for hydroxylation is 1. The molecule has 3 rings (SSSR count). The third-order valence-electron chi connectivity index (χ3n) is 4.29. The zero-order valence-electron chi connectivity index (χ0n) is 16.1. The SMILES string of the molecule is COc1ccccc1-c1nnc(S[C@@H](C)C(=O)Nc2cc(Cl)ccc2C)n1C. The molecule has 2 aromatic carbocycles. The summed E-state index contributed by atoms with van der Waals surface area (Å²) in [6, 6.07) is 13.0. The van der Waals surface area contributed by atoms with Crippen molar-refractivity contribution in [2.75, 3.05) is 12.4 Å². The summed E-state index contributed by atoms with van der Waals surface area (Å²) in [5.74, 6) is 1.27. The van der Waals surface area contributed by atoms with Crippen LogP contribution in [0.4, 0.5) is 5.69 Å². The van der Waals surface area contributed by atoms with Crippen molar-refractivity contribution >= 4 is 35.0 Å². The van der Waals surface area contributed by atoms with Crippen LogP contribution in [0.3, 0.4) is 0 Å². The molecule has 1 amide bonds. The van der Waals surface area contributed by atoms with Gasteiger partial charge in [0.25, 0.3) is 0 Å². The lowest BCUT2D eigenvalue weighted by atomic mass is 10.2. The summed E-state index contributed by atoms with van der Waals surface area (Å²) in [5, 5.41) is 12.3. The van der Waals surface area contributed by atoms with Gasteiger partial charge >= 0.3 is 0 Å². The largest absolute Gasteiger partial charge is 0.496 e. The fourth-order valence-corrected chi connectivity index (χ4v) is 3.64. The van der Waals surface area contributed by atoms with Gasteiger partial charge in [-0.05, 0) is 43.7 Å². The first-order valence-corrected chi connectivity index (χ1v) is 9.93. The average molecular weight is 417 g/mol. The Hall–Kier alpha value is -2.51. The van der Waals surface area contributed by atoms with E-state index in [2.05, 4.69) is 15.5 Å². The topological polar surface area (TPSA) is 69.0 Å². The van der Waals surface area contributed by atoms with E-state index in [9.17, 15) is 4.79 Å². The summed E-state index contributed by atoms with van der Waals surface area (Å²) >= 11 is 7.37. The molecule has 0 radical (unpaired) electrons. The number of thioether (sulfide) groups is 1. The molecule has 0 spiro atoms. The maximum Gasteiger partial charge on any atom is 0.237 e. The van der Waals surface area contributed by atoms with Crippen LogP contribution in [0.2, 0.25) is 5.02 Å². The number of nitrogens with zero attached hydrogens (tertiary/aromatic N) is 3. The number of amides is 1. The summed E-state index contributed by atoms with van der Waals surface area (Å²) < 4.78 is 7.27. The van der Waals surface area contributed by atoms with Gasteiger partial charge in [0, 0.05) is 17.8 Å². The van der Waals surface area contributed by atoms with Crippen molar-refractivity contribution in [1.29, 1.82) is 0 Å². The number of carbonyl (C=O) groups is 1. The quantitative estimate of drug-likeness (QED) is 0.596. The highest BCUT2D eigenvalue weighted by Crippen LogP contribution is 2.31. The number of hydrogen-bond acceptors (Lipinski definition) is 5. The molecule has 0 fully saturated rings. The van der Waals surface area contributed by atoms with Crippen LogP contribution >= 0.6 is 23.4 Å². The lowest BCUT2D eigenvalue weighted by Gasteiger charge is -2.13. The molecule has 3 aromatic rings. The van der Waals surface area contributed by atoms with Crippen LogP contribution in [-0.4, -0.2) is 33.0 Å². The molecule has 0 aliphatic heterocycles. The minimum Gasteiger partial charge on any atom is -0.496 e. The van der Waals surface area contributed by atoms with Gasteiger partial charge in [-0.1, -0.05) is 41.6 Å². The smallest absolute Gasteiger partial charge is 0.237 e. The second kappa shape index (κ2) is 8.67. The van der Waals surface area contributed by atoms with Gasteiger partial charge in [0.1, 0.15) is 5.75 Å². The number of benzene rings is 2. The number of anilines is 1. The molecular weight excluding hydrogens is 396 g/mol. The molecule has 1 heterocycles. The summed E-state index contributed by atoms with van der Waals surface area (Å²) in [5.41, 5.74) is 2.50. The molecule has 0 bridgehead atoms. The highest BCUT2D eigenvalue weighted by molar-refractivity contribution is 8.00. The van der Waals surface area contributed by atoms with Crippen molar-refractivity contribution in [3.63, 3.8) is 0 Å². The number of hydrogen-bond donors (Lipinski definition) is 1. The number of nitrogens with one attached hydrogen (secondary N) is 1. The molecule has 0 saturated heterocycles. The first-order valence-electron chi connectivity index (χ1n) is 8.67. The third-order valence-corrected chi connectivity index (χ3v) is 5.66. The Morgan fingerprint density at radius 3 is 2.75 bits per heavy atom. The predicted octanol–water partition coefficient (Wildman–Crippen LogP) is 4.57. The van der Waals surface area contributed by atoms with Gasteiger partial charge in [-0.3, -0.25) is 4.79 Å². The maximum atomic E-state index is 12.6. The number of halogens is 1. The number of rotatable bonds is 6.